The maximum Gasteiger partial charge on any atom is 0.416 e. The van der Waals surface area contributed by atoms with E-state index < -0.39 is 17.6 Å². The number of benzene rings is 2. The summed E-state index contributed by atoms with van der Waals surface area (Å²) in [7, 11) is 0. The molecule has 0 saturated carbocycles. The second-order valence-corrected chi connectivity index (χ2v) is 8.83. The molecule has 0 aliphatic rings. The molecule has 202 valence electrons. The molecule has 0 bridgehead atoms. The van der Waals surface area contributed by atoms with E-state index in [9.17, 15) is 18.0 Å². The third-order valence-electron chi connectivity index (χ3n) is 6.00. The highest BCUT2D eigenvalue weighted by atomic mass is 19.4. The summed E-state index contributed by atoms with van der Waals surface area (Å²) < 4.78 is 40.9. The first kappa shape index (κ1) is 26.4. The first-order chi connectivity index (χ1) is 19.2. The highest BCUT2D eigenvalue weighted by Gasteiger charge is 2.30. The van der Waals surface area contributed by atoms with Crippen LogP contribution in [-0.4, -0.2) is 30.4 Å². The van der Waals surface area contributed by atoms with E-state index in [1.807, 2.05) is 26.0 Å². The third kappa shape index (κ3) is 5.90. The van der Waals surface area contributed by atoms with Crippen molar-refractivity contribution in [2.24, 2.45) is 0 Å². The predicted molar refractivity (Wildman–Crippen MR) is 145 cm³/mol. The van der Waals surface area contributed by atoms with E-state index >= 15 is 0 Å². The minimum Gasteiger partial charge on any atom is -0.339 e. The van der Waals surface area contributed by atoms with Gasteiger partial charge in [-0.1, -0.05) is 12.1 Å². The lowest BCUT2D eigenvalue weighted by Crippen LogP contribution is -2.14. The lowest BCUT2D eigenvalue weighted by atomic mass is 10.1. The Labute approximate surface area is 227 Å². The molecule has 0 aliphatic heterocycles. The normalized spacial score (nSPS) is 11.2. The highest BCUT2D eigenvalue weighted by molar-refractivity contribution is 6.04. The number of halogens is 3. The van der Waals surface area contributed by atoms with Crippen molar-refractivity contribution in [3.05, 3.63) is 108 Å². The van der Waals surface area contributed by atoms with Gasteiger partial charge in [0.1, 0.15) is 18.0 Å². The molecular weight excluding hydrogens is 521 g/mol. The predicted octanol–water partition coefficient (Wildman–Crippen LogP) is 6.43. The molecule has 2 aromatic carbocycles. The van der Waals surface area contributed by atoms with Crippen molar-refractivity contribution < 1.29 is 18.0 Å². The van der Waals surface area contributed by atoms with E-state index in [0.29, 0.717) is 29.0 Å². The van der Waals surface area contributed by atoms with Gasteiger partial charge in [0, 0.05) is 41.6 Å². The van der Waals surface area contributed by atoms with Gasteiger partial charge in [-0.3, -0.25) is 14.3 Å². The molecular formula is C28H23F3N8O. The maximum atomic E-state index is 13.1. The molecule has 0 radical (unpaired) electrons. The van der Waals surface area contributed by atoms with Gasteiger partial charge >= 0.3 is 6.18 Å². The SMILES string of the molecule is Cc1ccc(NC(=O)c2cccc(C(F)(F)F)c2)cc1Nc1nccn1-c1cc(Nc2cccnc2C)ncn1. The quantitative estimate of drug-likeness (QED) is 0.217. The van der Waals surface area contributed by atoms with E-state index in [1.54, 1.807) is 47.4 Å². The van der Waals surface area contributed by atoms with Crippen LogP contribution in [0.15, 0.2) is 85.6 Å². The van der Waals surface area contributed by atoms with Crippen molar-refractivity contribution in [2.75, 3.05) is 16.0 Å². The van der Waals surface area contributed by atoms with Crippen molar-refractivity contribution in [3.63, 3.8) is 0 Å². The average molecular weight is 545 g/mol. The highest BCUT2D eigenvalue weighted by Crippen LogP contribution is 2.30. The number of hydrogen-bond donors (Lipinski definition) is 3. The van der Waals surface area contributed by atoms with Crippen LogP contribution in [0.3, 0.4) is 0 Å². The van der Waals surface area contributed by atoms with Crippen LogP contribution in [0, 0.1) is 13.8 Å². The van der Waals surface area contributed by atoms with Gasteiger partial charge in [0.15, 0.2) is 0 Å². The number of pyridine rings is 1. The third-order valence-corrected chi connectivity index (χ3v) is 6.00. The van der Waals surface area contributed by atoms with Crippen molar-refractivity contribution in [2.45, 2.75) is 20.0 Å². The molecule has 5 aromatic rings. The van der Waals surface area contributed by atoms with E-state index in [4.69, 9.17) is 0 Å². The van der Waals surface area contributed by atoms with E-state index in [-0.39, 0.29) is 5.56 Å². The van der Waals surface area contributed by atoms with Gasteiger partial charge in [-0.2, -0.15) is 13.2 Å². The van der Waals surface area contributed by atoms with E-state index in [0.717, 1.165) is 29.1 Å². The summed E-state index contributed by atoms with van der Waals surface area (Å²) in [5.41, 5.74) is 2.52. The number of aryl methyl sites for hydroxylation is 2. The van der Waals surface area contributed by atoms with Gasteiger partial charge in [0.05, 0.1) is 16.9 Å². The second kappa shape index (κ2) is 10.8. The van der Waals surface area contributed by atoms with Gasteiger partial charge in [-0.25, -0.2) is 15.0 Å². The van der Waals surface area contributed by atoms with E-state index in [2.05, 4.69) is 35.9 Å². The standard InChI is InChI=1S/C28H23F3N8O/c1-17-8-9-21(36-26(40)19-5-3-6-20(13-19)28(29,30)31)14-23(17)38-27-33-11-12-39(27)25-15-24(34-16-35-25)37-22-7-4-10-32-18(22)2/h3-16H,1-2H3,(H,33,38)(H,36,40)(H,34,35,37). The zero-order valence-electron chi connectivity index (χ0n) is 21.4. The zero-order chi connectivity index (χ0) is 28.3. The molecule has 0 spiro atoms. The van der Waals surface area contributed by atoms with Gasteiger partial charge in [-0.05, 0) is 61.9 Å². The molecule has 9 nitrogen and oxygen atoms in total. The van der Waals surface area contributed by atoms with Crippen LogP contribution in [0.25, 0.3) is 5.82 Å². The Balaban J connectivity index is 1.35. The summed E-state index contributed by atoms with van der Waals surface area (Å²) in [5.74, 6) is 0.904. The van der Waals surface area contributed by atoms with Gasteiger partial charge in [0.2, 0.25) is 5.95 Å². The van der Waals surface area contributed by atoms with Crippen LogP contribution in [-0.2, 0) is 6.18 Å². The smallest absolute Gasteiger partial charge is 0.339 e. The summed E-state index contributed by atoms with van der Waals surface area (Å²) in [4.78, 5) is 30.0. The lowest BCUT2D eigenvalue weighted by molar-refractivity contribution is -0.137. The number of anilines is 5. The first-order valence-corrected chi connectivity index (χ1v) is 12.1. The minimum absolute atomic E-state index is 0.102. The summed E-state index contributed by atoms with van der Waals surface area (Å²) in [6.45, 7) is 3.76. The molecule has 12 heteroatoms. The van der Waals surface area contributed by atoms with Crippen LogP contribution >= 0.6 is 0 Å². The average Bonchev–Trinajstić information content (AvgIpc) is 3.40. The molecule has 0 aliphatic carbocycles. The number of imidazole rings is 1. The minimum atomic E-state index is -4.54. The summed E-state index contributed by atoms with van der Waals surface area (Å²) in [5, 5.41) is 9.13. The van der Waals surface area contributed by atoms with Crippen LogP contribution < -0.4 is 16.0 Å². The Morgan fingerprint density at radius 1 is 0.850 bits per heavy atom. The van der Waals surface area contributed by atoms with Crippen LogP contribution in [0.2, 0.25) is 0 Å². The Morgan fingerprint density at radius 2 is 1.70 bits per heavy atom. The molecule has 0 fully saturated rings. The summed E-state index contributed by atoms with van der Waals surface area (Å²) in [6.07, 6.45) is 1.94. The van der Waals surface area contributed by atoms with Crippen molar-refractivity contribution in [3.8, 4) is 5.82 Å². The fourth-order valence-electron chi connectivity index (χ4n) is 3.88. The van der Waals surface area contributed by atoms with Crippen molar-refractivity contribution in [1.82, 2.24) is 24.5 Å². The zero-order valence-corrected chi connectivity index (χ0v) is 21.4. The maximum absolute atomic E-state index is 13.1. The number of aromatic nitrogens is 5. The number of nitrogens with zero attached hydrogens (tertiary/aromatic N) is 5. The number of alkyl halides is 3. The first-order valence-electron chi connectivity index (χ1n) is 12.1. The Kier molecular flexibility index (Phi) is 7.15. The van der Waals surface area contributed by atoms with Crippen LogP contribution in [0.1, 0.15) is 27.2 Å². The summed E-state index contributed by atoms with van der Waals surface area (Å²) in [6, 6.07) is 14.9. The van der Waals surface area contributed by atoms with E-state index in [1.165, 1.54) is 18.5 Å². The number of amides is 1. The number of carbonyl (C=O) groups excluding carboxylic acids is 1. The second-order valence-electron chi connectivity index (χ2n) is 8.83. The van der Waals surface area contributed by atoms with Crippen LogP contribution in [0.4, 0.5) is 42.0 Å². The molecule has 40 heavy (non-hydrogen) atoms. The number of nitrogens with one attached hydrogen (secondary N) is 3. The van der Waals surface area contributed by atoms with Crippen LogP contribution in [0.5, 0.6) is 0 Å². The number of carbonyl (C=O) groups is 1. The summed E-state index contributed by atoms with van der Waals surface area (Å²) >= 11 is 0. The molecule has 1 amide bonds. The molecule has 0 atom stereocenters. The number of rotatable bonds is 7. The number of hydrogen-bond acceptors (Lipinski definition) is 7. The lowest BCUT2D eigenvalue weighted by Gasteiger charge is -2.14. The largest absolute Gasteiger partial charge is 0.416 e. The molecule has 0 saturated heterocycles. The molecule has 3 heterocycles. The molecule has 0 unspecified atom stereocenters. The molecule has 5 rings (SSSR count). The van der Waals surface area contributed by atoms with Gasteiger partial charge in [-0.15, -0.1) is 0 Å². The van der Waals surface area contributed by atoms with Crippen molar-refractivity contribution in [1.29, 1.82) is 0 Å². The fourth-order valence-corrected chi connectivity index (χ4v) is 3.88. The van der Waals surface area contributed by atoms with Gasteiger partial charge in [0.25, 0.3) is 5.91 Å². The Hall–Kier alpha value is -5.26. The fraction of sp³-hybridized carbons (Fsp3) is 0.107. The Morgan fingerprint density at radius 3 is 2.50 bits per heavy atom. The Bertz CT molecular complexity index is 1680. The molecule has 3 N–H and O–H groups in total. The topological polar surface area (TPSA) is 110 Å². The van der Waals surface area contributed by atoms with Crippen molar-refractivity contribution >= 4 is 34.7 Å². The molecule has 3 aromatic heterocycles. The van der Waals surface area contributed by atoms with Gasteiger partial charge < -0.3 is 16.0 Å². The monoisotopic (exact) mass is 544 g/mol.